The first kappa shape index (κ1) is 16.2. The second kappa shape index (κ2) is 6.70. The minimum absolute atomic E-state index is 0.519. The van der Waals surface area contributed by atoms with Gasteiger partial charge in [-0.05, 0) is 19.8 Å². The van der Waals surface area contributed by atoms with Gasteiger partial charge in [-0.25, -0.2) is 22.7 Å². The van der Waals surface area contributed by atoms with Crippen molar-refractivity contribution in [1.82, 2.24) is 14.3 Å². The zero-order valence-corrected chi connectivity index (χ0v) is 13.9. The predicted octanol–water partition coefficient (Wildman–Crippen LogP) is 1.21. The summed E-state index contributed by atoms with van der Waals surface area (Å²) in [5.74, 6) is 1.79. The van der Waals surface area contributed by atoms with Crippen molar-refractivity contribution in [2.75, 3.05) is 37.3 Å². The van der Waals surface area contributed by atoms with Gasteiger partial charge >= 0.3 is 0 Å². The van der Waals surface area contributed by atoms with Crippen LogP contribution in [0.2, 0.25) is 0 Å². The van der Waals surface area contributed by atoms with E-state index in [1.165, 1.54) is 6.26 Å². The minimum Gasteiger partial charge on any atom is -0.355 e. The zero-order chi connectivity index (χ0) is 15.5. The number of sulfonamides is 1. The lowest BCUT2D eigenvalue weighted by atomic mass is 10.3. The fraction of sp³-hybridized carbons (Fsp3) is 0.714. The predicted molar refractivity (Wildman–Crippen MR) is 84.0 cm³/mol. The van der Waals surface area contributed by atoms with E-state index in [-0.39, 0.29) is 0 Å². The van der Waals surface area contributed by atoms with E-state index in [0.29, 0.717) is 19.6 Å². The average Bonchev–Trinajstić information content (AvgIpc) is 2.63. The smallest absolute Gasteiger partial charge is 0.211 e. The Balaban J connectivity index is 2.15. The van der Waals surface area contributed by atoms with Crippen LogP contribution in [0.5, 0.6) is 0 Å². The van der Waals surface area contributed by atoms with Gasteiger partial charge in [-0.15, -0.1) is 0 Å². The maximum Gasteiger partial charge on any atom is 0.211 e. The largest absolute Gasteiger partial charge is 0.355 e. The van der Waals surface area contributed by atoms with E-state index in [0.717, 1.165) is 43.1 Å². The summed E-state index contributed by atoms with van der Waals surface area (Å²) in [6.45, 7) is 6.70. The second-order valence-electron chi connectivity index (χ2n) is 5.54. The third kappa shape index (κ3) is 4.38. The Hall–Kier alpha value is -1.21. The number of rotatable bonds is 4. The van der Waals surface area contributed by atoms with Crippen LogP contribution in [-0.4, -0.2) is 55.1 Å². The highest BCUT2D eigenvalue weighted by Gasteiger charge is 2.22. The Morgan fingerprint density at radius 1 is 1.19 bits per heavy atom. The molecule has 0 atom stereocenters. The van der Waals surface area contributed by atoms with Crippen molar-refractivity contribution in [1.29, 1.82) is 0 Å². The molecule has 0 saturated carbocycles. The van der Waals surface area contributed by atoms with Crippen LogP contribution < -0.4 is 4.90 Å². The molecular formula is C14H24N4O2S. The molecule has 118 valence electrons. The molecule has 2 rings (SSSR count). The van der Waals surface area contributed by atoms with Crippen molar-refractivity contribution in [3.05, 3.63) is 17.6 Å². The number of aryl methyl sites for hydroxylation is 2. The molecule has 1 aromatic rings. The maximum atomic E-state index is 11.7. The molecule has 6 nitrogen and oxygen atoms in total. The van der Waals surface area contributed by atoms with Gasteiger partial charge < -0.3 is 4.90 Å². The van der Waals surface area contributed by atoms with Gasteiger partial charge in [0.2, 0.25) is 10.0 Å². The molecule has 0 amide bonds. The van der Waals surface area contributed by atoms with Gasteiger partial charge in [0.15, 0.2) is 0 Å². The first-order valence-corrected chi connectivity index (χ1v) is 9.29. The third-order valence-electron chi connectivity index (χ3n) is 3.61. The molecule has 1 fully saturated rings. The van der Waals surface area contributed by atoms with Crippen molar-refractivity contribution in [2.45, 2.75) is 33.1 Å². The minimum atomic E-state index is -3.11. The Bertz CT molecular complexity index is 589. The molecule has 21 heavy (non-hydrogen) atoms. The number of hydrogen-bond acceptors (Lipinski definition) is 5. The molecule has 1 aliphatic rings. The third-order valence-corrected chi connectivity index (χ3v) is 4.91. The molecule has 1 saturated heterocycles. The average molecular weight is 312 g/mol. The molecule has 0 radical (unpaired) electrons. The summed E-state index contributed by atoms with van der Waals surface area (Å²) < 4.78 is 24.9. The molecule has 0 aromatic carbocycles. The van der Waals surface area contributed by atoms with Gasteiger partial charge in [0.25, 0.3) is 0 Å². The molecule has 0 bridgehead atoms. The quantitative estimate of drug-likeness (QED) is 0.836. The summed E-state index contributed by atoms with van der Waals surface area (Å²) in [5.41, 5.74) is 0.965. The number of aromatic nitrogens is 2. The van der Waals surface area contributed by atoms with Gasteiger partial charge in [-0.3, -0.25) is 0 Å². The van der Waals surface area contributed by atoms with Crippen molar-refractivity contribution in [3.63, 3.8) is 0 Å². The van der Waals surface area contributed by atoms with E-state index in [2.05, 4.69) is 21.8 Å². The van der Waals surface area contributed by atoms with Gasteiger partial charge in [0.05, 0.1) is 6.26 Å². The van der Waals surface area contributed by atoms with Crippen molar-refractivity contribution >= 4 is 15.8 Å². The Labute approximate surface area is 127 Å². The van der Waals surface area contributed by atoms with Crippen LogP contribution in [0.4, 0.5) is 5.82 Å². The summed E-state index contributed by atoms with van der Waals surface area (Å²) in [4.78, 5) is 11.2. The molecule has 1 aliphatic heterocycles. The number of hydrogen-bond donors (Lipinski definition) is 0. The summed E-state index contributed by atoms with van der Waals surface area (Å²) in [6, 6.07) is 1.98. The summed E-state index contributed by atoms with van der Waals surface area (Å²) in [6.07, 6.45) is 3.98. The highest BCUT2D eigenvalue weighted by Crippen LogP contribution is 2.16. The molecule has 2 heterocycles. The zero-order valence-electron chi connectivity index (χ0n) is 13.0. The van der Waals surface area contributed by atoms with E-state index < -0.39 is 10.0 Å². The molecule has 0 unspecified atom stereocenters. The van der Waals surface area contributed by atoms with Crippen LogP contribution in [0.1, 0.15) is 31.3 Å². The fourth-order valence-corrected chi connectivity index (χ4v) is 3.44. The van der Waals surface area contributed by atoms with Gasteiger partial charge in [-0.1, -0.05) is 6.92 Å². The molecule has 0 spiro atoms. The van der Waals surface area contributed by atoms with Crippen molar-refractivity contribution < 1.29 is 8.42 Å². The molecule has 0 aliphatic carbocycles. The Kier molecular flexibility index (Phi) is 5.16. The van der Waals surface area contributed by atoms with E-state index in [1.54, 1.807) is 4.31 Å². The lowest BCUT2D eigenvalue weighted by Crippen LogP contribution is -2.34. The van der Waals surface area contributed by atoms with Crippen LogP contribution in [0.25, 0.3) is 0 Å². The number of anilines is 1. The molecule has 0 N–H and O–H groups in total. The van der Waals surface area contributed by atoms with Crippen molar-refractivity contribution in [2.24, 2.45) is 0 Å². The molecule has 7 heteroatoms. The summed E-state index contributed by atoms with van der Waals surface area (Å²) in [5, 5.41) is 0. The van der Waals surface area contributed by atoms with Crippen LogP contribution in [0.15, 0.2) is 6.07 Å². The molecule has 1 aromatic heterocycles. The van der Waals surface area contributed by atoms with Gasteiger partial charge in [-0.2, -0.15) is 0 Å². The standard InChI is InChI=1S/C14H24N4O2S/c1-4-6-13-15-12(2)11-14(16-13)17-7-5-8-18(10-9-17)21(3,19)20/h11H,4-10H2,1-3H3. The highest BCUT2D eigenvalue weighted by molar-refractivity contribution is 7.88. The number of nitrogens with zero attached hydrogens (tertiary/aromatic N) is 4. The van der Waals surface area contributed by atoms with Crippen molar-refractivity contribution in [3.8, 4) is 0 Å². The highest BCUT2D eigenvalue weighted by atomic mass is 32.2. The lowest BCUT2D eigenvalue weighted by molar-refractivity contribution is 0.437. The van der Waals surface area contributed by atoms with Crippen LogP contribution in [0.3, 0.4) is 0 Å². The fourth-order valence-electron chi connectivity index (χ4n) is 2.56. The van der Waals surface area contributed by atoms with Crippen LogP contribution in [0, 0.1) is 6.92 Å². The van der Waals surface area contributed by atoms with Gasteiger partial charge in [0, 0.05) is 44.4 Å². The van der Waals surface area contributed by atoms with Crippen LogP contribution >= 0.6 is 0 Å². The Morgan fingerprint density at radius 2 is 1.95 bits per heavy atom. The topological polar surface area (TPSA) is 66.4 Å². The van der Waals surface area contributed by atoms with E-state index in [4.69, 9.17) is 0 Å². The SMILES string of the molecule is CCCc1nc(C)cc(N2CCCN(S(C)(=O)=O)CC2)n1. The first-order valence-electron chi connectivity index (χ1n) is 7.45. The summed E-state index contributed by atoms with van der Waals surface area (Å²) in [7, 11) is -3.11. The van der Waals surface area contributed by atoms with Gasteiger partial charge in [0.1, 0.15) is 11.6 Å². The molecular weight excluding hydrogens is 288 g/mol. The second-order valence-corrected chi connectivity index (χ2v) is 7.52. The monoisotopic (exact) mass is 312 g/mol. The van der Waals surface area contributed by atoms with E-state index in [9.17, 15) is 8.42 Å². The lowest BCUT2D eigenvalue weighted by Gasteiger charge is -2.22. The Morgan fingerprint density at radius 3 is 2.62 bits per heavy atom. The summed E-state index contributed by atoms with van der Waals surface area (Å²) >= 11 is 0. The first-order chi connectivity index (χ1) is 9.90. The van der Waals surface area contributed by atoms with Crippen LogP contribution in [-0.2, 0) is 16.4 Å². The normalized spacial score (nSPS) is 17.8. The van der Waals surface area contributed by atoms with E-state index >= 15 is 0 Å². The maximum absolute atomic E-state index is 11.7. The van der Waals surface area contributed by atoms with E-state index in [1.807, 2.05) is 13.0 Å².